The molecule has 0 heterocycles. The van der Waals surface area contributed by atoms with E-state index in [4.69, 9.17) is 11.8 Å². The number of rotatable bonds is 6. The van der Waals surface area contributed by atoms with E-state index >= 15 is 0 Å². The van der Waals surface area contributed by atoms with Crippen molar-refractivity contribution in [3.63, 3.8) is 0 Å². The zero-order valence-electron chi connectivity index (χ0n) is 20.2. The summed E-state index contributed by atoms with van der Waals surface area (Å²) < 4.78 is 0. The van der Waals surface area contributed by atoms with Crippen LogP contribution in [0.2, 0.25) is 0 Å². The quantitative estimate of drug-likeness (QED) is 0.248. The third-order valence-electron chi connectivity index (χ3n) is 8.00. The molecule has 5 rings (SSSR count). The standard InChI is InChI=1S/C32H37PS/c34-33(28-19-9-3-10-20-28,29-21-11-4-12-22-29)32-24-14-13-23-30(32)31(27-17-7-2-8-18-27)25-26-15-5-1-6-16-26/h1-2,5-8,13-18,23-25,28-29H,3-4,9-12,19-22H2/b31-25+. The average molecular weight is 485 g/mol. The monoisotopic (exact) mass is 484 g/mol. The summed E-state index contributed by atoms with van der Waals surface area (Å²) in [5, 5.41) is 1.52. The minimum absolute atomic E-state index is 0.717. The van der Waals surface area contributed by atoms with Gasteiger partial charge in [-0.05, 0) is 76.7 Å². The topological polar surface area (TPSA) is 0 Å². The van der Waals surface area contributed by atoms with Gasteiger partial charge < -0.3 is 0 Å². The van der Waals surface area contributed by atoms with Crippen molar-refractivity contribution in [1.82, 2.24) is 0 Å². The van der Waals surface area contributed by atoms with Gasteiger partial charge in [0.25, 0.3) is 0 Å². The largest absolute Gasteiger partial charge is 0.0920 e. The molecule has 0 bridgehead atoms. The van der Waals surface area contributed by atoms with E-state index in [-0.39, 0.29) is 0 Å². The van der Waals surface area contributed by atoms with Crippen molar-refractivity contribution in [3.8, 4) is 0 Å². The van der Waals surface area contributed by atoms with Gasteiger partial charge in [-0.2, -0.15) is 0 Å². The molecule has 0 spiro atoms. The minimum atomic E-state index is -1.75. The molecular formula is C32H37PS. The maximum Gasteiger partial charge on any atom is -0.00587 e. The Morgan fingerprint density at radius 2 is 1.12 bits per heavy atom. The van der Waals surface area contributed by atoms with Crippen LogP contribution < -0.4 is 5.30 Å². The van der Waals surface area contributed by atoms with Gasteiger partial charge in [-0.1, -0.05) is 135 Å². The van der Waals surface area contributed by atoms with E-state index in [0.29, 0.717) is 11.3 Å². The van der Waals surface area contributed by atoms with E-state index < -0.39 is 6.04 Å². The van der Waals surface area contributed by atoms with Gasteiger partial charge in [-0.3, -0.25) is 0 Å². The van der Waals surface area contributed by atoms with Gasteiger partial charge in [-0.25, -0.2) is 0 Å². The molecular weight excluding hydrogens is 447 g/mol. The van der Waals surface area contributed by atoms with Crippen LogP contribution in [0.3, 0.4) is 0 Å². The first kappa shape index (κ1) is 23.8. The van der Waals surface area contributed by atoms with Crippen LogP contribution in [0.25, 0.3) is 11.6 Å². The Morgan fingerprint density at radius 1 is 0.618 bits per heavy atom. The molecule has 34 heavy (non-hydrogen) atoms. The molecule has 0 unspecified atom stereocenters. The Bertz CT molecular complexity index is 1110. The molecule has 2 aliphatic carbocycles. The van der Waals surface area contributed by atoms with Crippen LogP contribution in [0.4, 0.5) is 0 Å². The predicted octanol–water partition coefficient (Wildman–Crippen LogP) is 9.05. The Balaban J connectivity index is 1.69. The summed E-state index contributed by atoms with van der Waals surface area (Å²) in [6, 6.07) is 29.3. The average Bonchev–Trinajstić information content (AvgIpc) is 2.93. The summed E-state index contributed by atoms with van der Waals surface area (Å²) in [6.07, 6.45) is 16.0. The normalized spacial score (nSPS) is 18.6. The van der Waals surface area contributed by atoms with Gasteiger partial charge in [0.15, 0.2) is 0 Å². The van der Waals surface area contributed by atoms with Crippen LogP contribution in [0, 0.1) is 0 Å². The van der Waals surface area contributed by atoms with E-state index in [9.17, 15) is 0 Å². The van der Waals surface area contributed by atoms with Gasteiger partial charge in [0, 0.05) is 0 Å². The van der Waals surface area contributed by atoms with Crippen molar-refractivity contribution in [3.05, 3.63) is 102 Å². The lowest BCUT2D eigenvalue weighted by Gasteiger charge is -2.43. The van der Waals surface area contributed by atoms with Crippen molar-refractivity contribution < 1.29 is 0 Å². The Morgan fingerprint density at radius 3 is 1.71 bits per heavy atom. The SMILES string of the molecule is S=P(c1ccccc1/C(=C/c1ccccc1)c1ccccc1)(C1CCCCC1)C1CCCCC1. The van der Waals surface area contributed by atoms with E-state index in [0.717, 1.165) is 0 Å². The van der Waals surface area contributed by atoms with Crippen LogP contribution >= 0.6 is 6.04 Å². The van der Waals surface area contributed by atoms with Crippen molar-refractivity contribution in [2.45, 2.75) is 75.5 Å². The van der Waals surface area contributed by atoms with Crippen LogP contribution in [0.5, 0.6) is 0 Å². The molecule has 3 aromatic carbocycles. The summed E-state index contributed by atoms with van der Waals surface area (Å²) in [7, 11) is 0. The molecule has 0 N–H and O–H groups in total. The molecule has 0 radical (unpaired) electrons. The summed E-state index contributed by atoms with van der Waals surface area (Å²) in [4.78, 5) is 0. The molecule has 2 saturated carbocycles. The first-order valence-electron chi connectivity index (χ1n) is 13.3. The second-order valence-electron chi connectivity index (χ2n) is 10.1. The Hall–Kier alpha value is -1.95. The third-order valence-corrected chi connectivity index (χ3v) is 14.7. The zero-order valence-corrected chi connectivity index (χ0v) is 22.0. The van der Waals surface area contributed by atoms with Crippen LogP contribution in [0.1, 0.15) is 80.9 Å². The highest BCUT2D eigenvalue weighted by molar-refractivity contribution is 8.19. The van der Waals surface area contributed by atoms with Crippen molar-refractivity contribution in [1.29, 1.82) is 0 Å². The fraction of sp³-hybridized carbons (Fsp3) is 0.375. The molecule has 2 heteroatoms. The summed E-state index contributed by atoms with van der Waals surface area (Å²) in [5.41, 5.74) is 6.68. The lowest BCUT2D eigenvalue weighted by molar-refractivity contribution is 0.486. The molecule has 0 aromatic heterocycles. The summed E-state index contributed by atoms with van der Waals surface area (Å²) >= 11 is 7.01. The van der Waals surface area contributed by atoms with Gasteiger partial charge in [0.2, 0.25) is 0 Å². The Labute approximate surface area is 211 Å². The number of hydrogen-bond acceptors (Lipinski definition) is 1. The second kappa shape index (κ2) is 11.2. The number of benzene rings is 3. The minimum Gasteiger partial charge on any atom is -0.0920 e. The highest BCUT2D eigenvalue weighted by Gasteiger charge is 2.40. The third kappa shape index (κ3) is 5.02. The van der Waals surface area contributed by atoms with Gasteiger partial charge >= 0.3 is 0 Å². The molecule has 0 saturated heterocycles. The molecule has 0 amide bonds. The smallest absolute Gasteiger partial charge is 0.00587 e. The zero-order chi connectivity index (χ0) is 23.2. The van der Waals surface area contributed by atoms with E-state index in [1.807, 2.05) is 0 Å². The van der Waals surface area contributed by atoms with Crippen LogP contribution in [-0.2, 0) is 11.8 Å². The molecule has 2 fully saturated rings. The maximum atomic E-state index is 7.01. The first-order valence-corrected chi connectivity index (χ1v) is 16.2. The lowest BCUT2D eigenvalue weighted by atomic mass is 9.95. The summed E-state index contributed by atoms with van der Waals surface area (Å²) in [5.74, 6) is 0. The van der Waals surface area contributed by atoms with Crippen molar-refractivity contribution in [2.24, 2.45) is 0 Å². The maximum absolute atomic E-state index is 7.01. The van der Waals surface area contributed by atoms with Crippen molar-refractivity contribution in [2.75, 3.05) is 0 Å². The lowest BCUT2D eigenvalue weighted by Crippen LogP contribution is -2.31. The second-order valence-corrected chi connectivity index (χ2v) is 15.3. The molecule has 0 atom stereocenters. The highest BCUT2D eigenvalue weighted by atomic mass is 32.4. The molecule has 2 aliphatic rings. The van der Waals surface area contributed by atoms with E-state index in [1.54, 1.807) is 0 Å². The van der Waals surface area contributed by atoms with Gasteiger partial charge in [-0.15, -0.1) is 0 Å². The van der Waals surface area contributed by atoms with Gasteiger partial charge in [0.05, 0.1) is 0 Å². The van der Waals surface area contributed by atoms with E-state index in [1.165, 1.54) is 91.8 Å². The Kier molecular flexibility index (Phi) is 7.83. The molecule has 0 nitrogen and oxygen atoms in total. The molecule has 176 valence electrons. The van der Waals surface area contributed by atoms with Crippen LogP contribution in [-0.4, -0.2) is 11.3 Å². The van der Waals surface area contributed by atoms with Crippen molar-refractivity contribution >= 4 is 34.8 Å². The molecule has 0 aliphatic heterocycles. The first-order chi connectivity index (χ1) is 16.8. The number of hydrogen-bond donors (Lipinski definition) is 0. The van der Waals surface area contributed by atoms with Gasteiger partial charge in [0.1, 0.15) is 0 Å². The van der Waals surface area contributed by atoms with E-state index in [2.05, 4.69) is 91.0 Å². The predicted molar refractivity (Wildman–Crippen MR) is 154 cm³/mol. The van der Waals surface area contributed by atoms with Crippen LogP contribution in [0.15, 0.2) is 84.9 Å². The fourth-order valence-corrected chi connectivity index (χ4v) is 12.6. The fourth-order valence-electron chi connectivity index (χ4n) is 6.28. The molecule has 3 aromatic rings. The highest BCUT2D eigenvalue weighted by Crippen LogP contribution is 2.63. The summed E-state index contributed by atoms with van der Waals surface area (Å²) in [6.45, 7) is 0.